The molecule has 0 unspecified atom stereocenters. The molecule has 4 aliphatic rings. The highest BCUT2D eigenvalue weighted by molar-refractivity contribution is 7.90. The van der Waals surface area contributed by atoms with Gasteiger partial charge in [0.25, 0.3) is 11.8 Å². The highest BCUT2D eigenvalue weighted by Gasteiger charge is 2.68. The Hall–Kier alpha value is -9.56. The van der Waals surface area contributed by atoms with Gasteiger partial charge in [-0.1, -0.05) is 47.2 Å². The zero-order chi connectivity index (χ0) is 79.7. The molecule has 0 aliphatic heterocycles. The van der Waals surface area contributed by atoms with E-state index in [0.717, 1.165) is 52.2 Å². The number of hydrogen-bond donors (Lipinski definition) is 3. The molecule has 6 aromatic heterocycles. The number of carbonyl (C=O) groups excluding carboxylic acids is 2. The van der Waals surface area contributed by atoms with Gasteiger partial charge in [0.1, 0.15) is 76.2 Å². The number of nitrogens with zero attached hydrogens (tertiary/aromatic N) is 11. The fourth-order valence-electron chi connectivity index (χ4n) is 15.3. The van der Waals surface area contributed by atoms with Crippen molar-refractivity contribution in [3.63, 3.8) is 0 Å². The molecule has 10 aromatic rings. The van der Waals surface area contributed by atoms with Crippen LogP contribution in [0.3, 0.4) is 0 Å². The van der Waals surface area contributed by atoms with Crippen LogP contribution in [0.1, 0.15) is 145 Å². The lowest BCUT2D eigenvalue weighted by atomic mass is 9.86. The number of alkyl halides is 4. The second-order valence-electron chi connectivity index (χ2n) is 30.2. The Balaban J connectivity index is 0.000000193. The third-order valence-corrected chi connectivity index (χ3v) is 21.9. The van der Waals surface area contributed by atoms with Crippen LogP contribution in [-0.2, 0) is 92.6 Å². The molecule has 0 bridgehead atoms. The normalized spacial score (nSPS) is 17.8. The van der Waals surface area contributed by atoms with Gasteiger partial charge in [-0.3, -0.25) is 28.3 Å². The molecule has 2 fully saturated rings. The predicted octanol–water partition coefficient (Wildman–Crippen LogP) is 12.9. The van der Waals surface area contributed by atoms with Gasteiger partial charge in [0.05, 0.1) is 55.4 Å². The van der Waals surface area contributed by atoms with E-state index in [1.165, 1.54) is 37.1 Å². The fraction of sp³-hybridized carbons (Fsp3) is 0.385. The van der Waals surface area contributed by atoms with Crippen LogP contribution in [-0.4, -0.2) is 126 Å². The van der Waals surface area contributed by atoms with E-state index in [9.17, 15) is 54.2 Å². The number of halogens is 10. The summed E-state index contributed by atoms with van der Waals surface area (Å²) in [6, 6.07) is 19.1. The minimum atomic E-state index is -3.53. The van der Waals surface area contributed by atoms with Crippen molar-refractivity contribution in [3.05, 3.63) is 186 Å². The number of nitrogen functional groups attached to an aromatic ring is 1. The number of aromatic nitrogens is 10. The van der Waals surface area contributed by atoms with Gasteiger partial charge in [-0.25, -0.2) is 44.4 Å². The zero-order valence-corrected chi connectivity index (χ0v) is 64.2. The number of aryl methyl sites for hydroxylation is 2. The topological polar surface area (TPSA) is 269 Å². The Bertz CT molecular complexity index is 5820. The Morgan fingerprint density at radius 3 is 1.35 bits per heavy atom. The third kappa shape index (κ3) is 16.2. The second-order valence-corrected chi connectivity index (χ2v) is 35.3. The zero-order valence-electron chi connectivity index (χ0n) is 61.1. The van der Waals surface area contributed by atoms with Crippen molar-refractivity contribution in [3.8, 4) is 45.9 Å². The molecule has 20 nitrogen and oxygen atoms in total. The summed E-state index contributed by atoms with van der Waals surface area (Å²) >= 11 is 13.3. The van der Waals surface area contributed by atoms with Crippen molar-refractivity contribution in [1.29, 1.82) is 0 Å². The summed E-state index contributed by atoms with van der Waals surface area (Å²) in [5, 5.41) is 39.5. The molecule has 6 atom stereocenters. The molecule has 32 heteroatoms. The Labute approximate surface area is 637 Å². The van der Waals surface area contributed by atoms with Crippen molar-refractivity contribution in [1.82, 2.24) is 49.1 Å². The molecule has 4 N–H and O–H groups in total. The SMILES string of the molecule is CN(C)c1nn(CC(=O)C[C@@H](Cc2cc(F)cc(F)c2)c2nc(C#CC(C)(C)O)ccc2-c2ccc(Cl)c3c(CS(C)(=O)=O)nn(C)c23)c2c1[C@H]1C[C@H]1C2(F)F.Cn1nc(CS(C)(=O)=O)c2c(Cl)ccc(-c3ccc(C#CC(C)(C)O)nc3[C@@H](CC(=O)Cn3nc(N)c4c3C(F)(F)[C@@H]3C[C@H]43)Cc3cc(F)cc(F)c3)c21. The van der Waals surface area contributed by atoms with Gasteiger partial charge in [-0.05, 0) is 149 Å². The van der Waals surface area contributed by atoms with E-state index in [0.29, 0.717) is 74.3 Å². The fourth-order valence-corrected chi connectivity index (χ4v) is 17.2. The van der Waals surface area contributed by atoms with Crippen LogP contribution in [0, 0.1) is 58.8 Å². The average molecular weight is 1590 g/mol. The largest absolute Gasteiger partial charge is 0.382 e. The summed E-state index contributed by atoms with van der Waals surface area (Å²) < 4.78 is 175. The summed E-state index contributed by atoms with van der Waals surface area (Å²) in [6.45, 7) is 4.93. The van der Waals surface area contributed by atoms with Crippen LogP contribution in [0.5, 0.6) is 0 Å². The first-order chi connectivity index (χ1) is 51.3. The van der Waals surface area contributed by atoms with Crippen LogP contribution in [0.4, 0.5) is 46.8 Å². The predicted molar refractivity (Wildman–Crippen MR) is 399 cm³/mol. The van der Waals surface area contributed by atoms with Gasteiger partial charge in [-0.2, -0.15) is 38.0 Å². The maximum Gasteiger partial charge on any atom is 0.293 e. The lowest BCUT2D eigenvalue weighted by Gasteiger charge is -2.22. The van der Waals surface area contributed by atoms with E-state index < -0.39 is 126 Å². The van der Waals surface area contributed by atoms with E-state index in [1.54, 1.807) is 81.6 Å². The molecule has 14 rings (SSSR count). The first-order valence-electron chi connectivity index (χ1n) is 34.8. The van der Waals surface area contributed by atoms with E-state index in [-0.39, 0.29) is 115 Å². The monoisotopic (exact) mass is 1590 g/mol. The van der Waals surface area contributed by atoms with Gasteiger partial charge in [0, 0.05) is 134 Å². The summed E-state index contributed by atoms with van der Waals surface area (Å²) in [7, 11) is -0.397. The summed E-state index contributed by atoms with van der Waals surface area (Å²) in [5.41, 5.74) is 7.91. The number of ketones is 2. The van der Waals surface area contributed by atoms with E-state index in [1.807, 2.05) is 0 Å². The minimum absolute atomic E-state index is 0.0468. The first kappa shape index (κ1) is 78.6. The van der Waals surface area contributed by atoms with Gasteiger partial charge < -0.3 is 20.8 Å². The molecule has 576 valence electrons. The minimum Gasteiger partial charge on any atom is -0.382 e. The number of pyridine rings is 2. The summed E-state index contributed by atoms with van der Waals surface area (Å²) in [4.78, 5) is 39.6. The lowest BCUT2D eigenvalue weighted by molar-refractivity contribution is -0.121. The van der Waals surface area contributed by atoms with E-state index in [4.69, 9.17) is 38.9 Å². The summed E-state index contributed by atoms with van der Waals surface area (Å²) in [6.07, 6.45) is 1.92. The summed E-state index contributed by atoms with van der Waals surface area (Å²) in [5.74, 6) is -4.38. The van der Waals surface area contributed by atoms with Crippen LogP contribution in [0.2, 0.25) is 10.0 Å². The highest BCUT2D eigenvalue weighted by Crippen LogP contribution is 2.69. The van der Waals surface area contributed by atoms with E-state index >= 15 is 17.6 Å². The van der Waals surface area contributed by atoms with Crippen molar-refractivity contribution in [2.75, 3.05) is 37.2 Å². The molecule has 6 heterocycles. The molecular formula is C78H74Cl2F8N12O8S2. The lowest BCUT2D eigenvalue weighted by Crippen LogP contribution is -2.24. The van der Waals surface area contributed by atoms with Gasteiger partial charge in [0.15, 0.2) is 37.1 Å². The van der Waals surface area contributed by atoms with Crippen LogP contribution in [0.15, 0.2) is 84.9 Å². The molecule has 4 aromatic carbocycles. The van der Waals surface area contributed by atoms with Crippen molar-refractivity contribution in [2.24, 2.45) is 25.9 Å². The molecule has 2 saturated carbocycles. The molecule has 0 amide bonds. The standard InChI is InChI=1S/C40H39ClF4N6O4S.C38H35ClF4N6O4S/c1-39(2,53)12-11-25-7-8-27(28-9-10-31(41)34-32(20-56(6,54)55)47-50(5)36(28)34)35(46-25)22(13-21-14-23(42)17-24(43)15-21)16-26(52)19-51-37-33(38(48-51)49(3)4)29-18-30(29)40(37,44)45;1-37(2,51)10-9-23-5-6-25(26-7-8-29(39)32-30(18-54(4,52)53)46-48(3)34(26)32)33(45-23)20(11-19-12-21(40)15-22(41)13-19)14-24(50)17-49-35-31(36(44)47-49)27-16-28(27)38(35,42)43/h7-10,14-15,17,22,29-30,53H,13,16,18-20H2,1-6H3;5-8,12-13,15,20,27-28,51H,11,14,16-18H2,1-4H3,(H2,44,47)/t22-,29+,30-;20-,27+,28-/m11/s1. The molecule has 0 spiro atoms. The number of benzene rings is 4. The molecular weight excluding hydrogens is 1520 g/mol. The number of anilines is 2. The highest BCUT2D eigenvalue weighted by atomic mass is 35.5. The number of nitrogens with two attached hydrogens (primary N) is 1. The Kier molecular flexibility index (Phi) is 20.5. The molecule has 0 radical (unpaired) electrons. The number of sulfone groups is 2. The first-order valence-corrected chi connectivity index (χ1v) is 39.7. The van der Waals surface area contributed by atoms with Gasteiger partial charge in [0.2, 0.25) is 0 Å². The number of rotatable bonds is 21. The van der Waals surface area contributed by atoms with Gasteiger partial charge >= 0.3 is 0 Å². The Morgan fingerprint density at radius 2 is 0.964 bits per heavy atom. The maximum atomic E-state index is 15.6. The quantitative estimate of drug-likeness (QED) is 0.0446. The third-order valence-electron chi connectivity index (χ3n) is 19.7. The Morgan fingerprint density at radius 1 is 0.591 bits per heavy atom. The van der Waals surface area contributed by atoms with Gasteiger partial charge in [-0.15, -0.1) is 0 Å². The van der Waals surface area contributed by atoms with Crippen LogP contribution in [0.25, 0.3) is 44.1 Å². The smallest absolute Gasteiger partial charge is 0.293 e. The number of aliphatic hydroxyl groups is 2. The number of Topliss-reactive ketones (excluding diaryl/α,β-unsaturated/α-hetero) is 2. The van der Waals surface area contributed by atoms with Crippen LogP contribution >= 0.6 is 23.2 Å². The molecule has 4 aliphatic carbocycles. The second kappa shape index (κ2) is 28.6. The van der Waals surface area contributed by atoms with Crippen molar-refractivity contribution >= 4 is 87.9 Å². The molecule has 0 saturated heterocycles. The number of fused-ring (bicyclic) bond motifs is 8. The van der Waals surface area contributed by atoms with Crippen molar-refractivity contribution < 1.29 is 71.8 Å². The van der Waals surface area contributed by atoms with E-state index in [2.05, 4.69) is 44.1 Å². The number of carbonyl (C=O) groups is 2. The average Bonchev–Trinajstić information content (AvgIpc) is 1.53. The number of hydrogen-bond acceptors (Lipinski definition) is 16. The maximum absolute atomic E-state index is 15.6. The van der Waals surface area contributed by atoms with Crippen LogP contribution < -0.4 is 10.6 Å². The molecule has 110 heavy (non-hydrogen) atoms. The van der Waals surface area contributed by atoms with Crippen molar-refractivity contribution in [2.45, 2.75) is 138 Å².